The maximum Gasteiger partial charge on any atom is 0.259 e. The summed E-state index contributed by atoms with van der Waals surface area (Å²) in [4.78, 5) is 16.6. The monoisotopic (exact) mass is 277 g/mol. The molecule has 0 unspecified atom stereocenters. The Hall–Kier alpha value is -2.88. The van der Waals surface area contributed by atoms with Gasteiger partial charge in [0.25, 0.3) is 5.91 Å². The van der Waals surface area contributed by atoms with Crippen molar-refractivity contribution in [1.82, 2.24) is 4.98 Å². The summed E-state index contributed by atoms with van der Waals surface area (Å²) < 4.78 is 0. The van der Waals surface area contributed by atoms with Crippen LogP contribution in [0.4, 0.5) is 11.4 Å². The van der Waals surface area contributed by atoms with Crippen molar-refractivity contribution in [3.05, 3.63) is 65.9 Å². The lowest BCUT2D eigenvalue weighted by Crippen LogP contribution is -2.14. The van der Waals surface area contributed by atoms with E-state index in [2.05, 4.69) is 10.3 Å². The molecular formula is C17H15N3O. The Morgan fingerprint density at radius 1 is 1.14 bits per heavy atom. The van der Waals surface area contributed by atoms with Crippen molar-refractivity contribution in [3.8, 4) is 0 Å². The van der Waals surface area contributed by atoms with Gasteiger partial charge in [0.2, 0.25) is 0 Å². The molecule has 2 aromatic carbocycles. The number of amides is 1. The van der Waals surface area contributed by atoms with Crippen LogP contribution in [0.5, 0.6) is 0 Å². The van der Waals surface area contributed by atoms with Gasteiger partial charge in [0.1, 0.15) is 0 Å². The van der Waals surface area contributed by atoms with Crippen LogP contribution in [0.2, 0.25) is 0 Å². The molecule has 0 bridgehead atoms. The standard InChI is InChI=1S/C17H15N3O/c1-11-7-8-15-13(9-11)16(18)14(10-19-15)17(21)20-12-5-3-2-4-6-12/h2-10H,1H3,(H2,18,19)(H,20,21). The third-order valence-corrected chi connectivity index (χ3v) is 3.34. The molecule has 0 spiro atoms. The van der Waals surface area contributed by atoms with Crippen molar-refractivity contribution in [2.24, 2.45) is 0 Å². The van der Waals surface area contributed by atoms with Crippen LogP contribution in [0.3, 0.4) is 0 Å². The number of fused-ring (bicyclic) bond motifs is 1. The van der Waals surface area contributed by atoms with E-state index in [0.29, 0.717) is 11.3 Å². The second kappa shape index (κ2) is 5.25. The topological polar surface area (TPSA) is 68.0 Å². The predicted molar refractivity (Wildman–Crippen MR) is 85.3 cm³/mol. The number of hydrogen-bond acceptors (Lipinski definition) is 3. The molecule has 4 nitrogen and oxygen atoms in total. The molecule has 0 saturated carbocycles. The number of nitrogens with zero attached hydrogens (tertiary/aromatic N) is 1. The number of anilines is 2. The van der Waals surface area contributed by atoms with Crippen LogP contribution in [0.1, 0.15) is 15.9 Å². The third-order valence-electron chi connectivity index (χ3n) is 3.34. The lowest BCUT2D eigenvalue weighted by Gasteiger charge is -2.10. The highest BCUT2D eigenvalue weighted by Gasteiger charge is 2.13. The molecule has 0 aliphatic heterocycles. The normalized spacial score (nSPS) is 10.5. The average Bonchev–Trinajstić information content (AvgIpc) is 2.49. The molecule has 1 heterocycles. The summed E-state index contributed by atoms with van der Waals surface area (Å²) in [6.45, 7) is 1.98. The first kappa shape index (κ1) is 13.1. The molecule has 104 valence electrons. The van der Waals surface area contributed by atoms with Gasteiger partial charge in [-0.2, -0.15) is 0 Å². The minimum Gasteiger partial charge on any atom is -0.397 e. The minimum atomic E-state index is -0.255. The summed E-state index contributed by atoms with van der Waals surface area (Å²) in [7, 11) is 0. The van der Waals surface area contributed by atoms with Crippen molar-refractivity contribution in [1.29, 1.82) is 0 Å². The fourth-order valence-electron chi connectivity index (χ4n) is 2.23. The van der Waals surface area contributed by atoms with Crippen molar-refractivity contribution in [2.75, 3.05) is 11.1 Å². The van der Waals surface area contributed by atoms with Gasteiger partial charge in [-0.3, -0.25) is 9.78 Å². The van der Waals surface area contributed by atoms with E-state index in [-0.39, 0.29) is 5.91 Å². The molecule has 0 radical (unpaired) electrons. The molecule has 1 aromatic heterocycles. The summed E-state index contributed by atoms with van der Waals surface area (Å²) in [6.07, 6.45) is 1.52. The lowest BCUT2D eigenvalue weighted by atomic mass is 10.1. The van der Waals surface area contributed by atoms with E-state index in [1.54, 1.807) is 0 Å². The van der Waals surface area contributed by atoms with Gasteiger partial charge in [-0.25, -0.2) is 0 Å². The molecule has 0 saturated heterocycles. The number of aryl methyl sites for hydroxylation is 1. The van der Waals surface area contributed by atoms with Crippen molar-refractivity contribution in [3.63, 3.8) is 0 Å². The molecule has 0 aliphatic rings. The molecule has 3 aromatic rings. The fraction of sp³-hybridized carbons (Fsp3) is 0.0588. The third kappa shape index (κ3) is 2.56. The number of hydrogen-bond donors (Lipinski definition) is 2. The molecule has 0 fully saturated rings. The van der Waals surface area contributed by atoms with Crippen LogP contribution in [0.25, 0.3) is 10.9 Å². The summed E-state index contributed by atoms with van der Waals surface area (Å²) in [5, 5.41) is 3.62. The number of nitrogens with one attached hydrogen (secondary N) is 1. The summed E-state index contributed by atoms with van der Waals surface area (Å²) in [5.41, 5.74) is 9.58. The van der Waals surface area contributed by atoms with Crippen molar-refractivity contribution >= 4 is 28.2 Å². The zero-order chi connectivity index (χ0) is 14.8. The SMILES string of the molecule is Cc1ccc2ncc(C(=O)Nc3ccccc3)c(N)c2c1. The Morgan fingerprint density at radius 3 is 2.67 bits per heavy atom. The Morgan fingerprint density at radius 2 is 1.90 bits per heavy atom. The van der Waals surface area contributed by atoms with Gasteiger partial charge in [-0.05, 0) is 31.2 Å². The van der Waals surface area contributed by atoms with Gasteiger partial charge in [-0.1, -0.05) is 29.8 Å². The van der Waals surface area contributed by atoms with Gasteiger partial charge in [0.05, 0.1) is 16.8 Å². The number of carbonyl (C=O) groups excluding carboxylic acids is 1. The molecule has 21 heavy (non-hydrogen) atoms. The van der Waals surface area contributed by atoms with Gasteiger partial charge in [-0.15, -0.1) is 0 Å². The zero-order valence-electron chi connectivity index (χ0n) is 11.6. The van der Waals surface area contributed by atoms with E-state index < -0.39 is 0 Å². The maximum absolute atomic E-state index is 12.3. The van der Waals surface area contributed by atoms with E-state index in [1.165, 1.54) is 6.20 Å². The van der Waals surface area contributed by atoms with Gasteiger partial charge < -0.3 is 11.1 Å². The van der Waals surface area contributed by atoms with Crippen molar-refractivity contribution < 1.29 is 4.79 Å². The molecule has 1 amide bonds. The fourth-order valence-corrected chi connectivity index (χ4v) is 2.23. The van der Waals surface area contributed by atoms with Crippen LogP contribution < -0.4 is 11.1 Å². The maximum atomic E-state index is 12.3. The Labute approximate surface area is 122 Å². The molecule has 4 heteroatoms. The second-order valence-corrected chi connectivity index (χ2v) is 4.93. The van der Waals surface area contributed by atoms with Crippen LogP contribution in [0.15, 0.2) is 54.7 Å². The van der Waals surface area contributed by atoms with E-state index in [0.717, 1.165) is 22.2 Å². The molecule has 0 atom stereocenters. The van der Waals surface area contributed by atoms with Gasteiger partial charge in [0.15, 0.2) is 0 Å². The van der Waals surface area contributed by atoms with E-state index in [4.69, 9.17) is 5.73 Å². The average molecular weight is 277 g/mol. The first-order valence-corrected chi connectivity index (χ1v) is 6.66. The number of carbonyl (C=O) groups is 1. The number of rotatable bonds is 2. The van der Waals surface area contributed by atoms with E-state index in [9.17, 15) is 4.79 Å². The highest BCUT2D eigenvalue weighted by molar-refractivity contribution is 6.11. The number of aromatic nitrogens is 1. The molecule has 0 aliphatic carbocycles. The molecule has 3 rings (SSSR count). The number of nitrogens with two attached hydrogens (primary N) is 1. The first-order valence-electron chi connectivity index (χ1n) is 6.66. The largest absolute Gasteiger partial charge is 0.397 e. The molecule has 3 N–H and O–H groups in total. The lowest BCUT2D eigenvalue weighted by molar-refractivity contribution is 0.102. The Balaban J connectivity index is 2.00. The predicted octanol–water partition coefficient (Wildman–Crippen LogP) is 3.38. The first-order chi connectivity index (χ1) is 10.1. The van der Waals surface area contributed by atoms with Crippen molar-refractivity contribution in [2.45, 2.75) is 6.92 Å². The summed E-state index contributed by atoms with van der Waals surface area (Å²) in [6, 6.07) is 15.1. The smallest absolute Gasteiger partial charge is 0.259 e. The number of para-hydroxylation sites is 1. The minimum absolute atomic E-state index is 0.255. The van der Waals surface area contributed by atoms with Crippen LogP contribution >= 0.6 is 0 Å². The second-order valence-electron chi connectivity index (χ2n) is 4.93. The number of pyridine rings is 1. The Kier molecular flexibility index (Phi) is 3.28. The number of benzene rings is 2. The highest BCUT2D eigenvalue weighted by atomic mass is 16.1. The van der Waals surface area contributed by atoms with Crippen LogP contribution in [-0.4, -0.2) is 10.9 Å². The number of nitrogen functional groups attached to an aromatic ring is 1. The zero-order valence-corrected chi connectivity index (χ0v) is 11.6. The van der Waals surface area contributed by atoms with Gasteiger partial charge >= 0.3 is 0 Å². The van der Waals surface area contributed by atoms with E-state index in [1.807, 2.05) is 55.5 Å². The van der Waals surface area contributed by atoms with Crippen LogP contribution in [0, 0.1) is 6.92 Å². The summed E-state index contributed by atoms with van der Waals surface area (Å²) in [5.74, 6) is -0.255. The van der Waals surface area contributed by atoms with E-state index >= 15 is 0 Å². The molecular weight excluding hydrogens is 262 g/mol. The quantitative estimate of drug-likeness (QED) is 0.754. The Bertz CT molecular complexity index is 813. The highest BCUT2D eigenvalue weighted by Crippen LogP contribution is 2.24. The summed E-state index contributed by atoms with van der Waals surface area (Å²) >= 11 is 0. The van der Waals surface area contributed by atoms with Crippen LogP contribution in [-0.2, 0) is 0 Å². The van der Waals surface area contributed by atoms with Gasteiger partial charge in [0, 0.05) is 17.3 Å².